The predicted molar refractivity (Wildman–Crippen MR) is 127 cm³/mol. The van der Waals surface area contributed by atoms with E-state index in [9.17, 15) is 18.4 Å². The van der Waals surface area contributed by atoms with E-state index >= 15 is 0 Å². The minimum Gasteiger partial charge on any atom is -0.324 e. The number of benzene rings is 2. The van der Waals surface area contributed by atoms with Crippen molar-refractivity contribution in [1.82, 2.24) is 25.1 Å². The molecule has 1 N–H and O–H groups in total. The monoisotopic (exact) mass is 492 g/mol. The summed E-state index contributed by atoms with van der Waals surface area (Å²) >= 11 is 0. The average Bonchev–Trinajstić information content (AvgIpc) is 3.46. The topological polar surface area (TPSA) is 93.0 Å². The van der Waals surface area contributed by atoms with Crippen LogP contribution in [0.5, 0.6) is 0 Å². The molecule has 1 saturated heterocycles. The van der Waals surface area contributed by atoms with Crippen LogP contribution in [0.1, 0.15) is 61.3 Å². The van der Waals surface area contributed by atoms with Gasteiger partial charge in [-0.2, -0.15) is 0 Å². The Morgan fingerprint density at radius 1 is 1.00 bits per heavy atom. The Hall–Kier alpha value is -3.69. The lowest BCUT2D eigenvalue weighted by Crippen LogP contribution is -2.48. The number of likely N-dealkylation sites (tertiary alicyclic amines) is 1. The average molecular weight is 493 g/mol. The number of amides is 2. The summed E-state index contributed by atoms with van der Waals surface area (Å²) in [5, 5.41) is 15.0. The van der Waals surface area contributed by atoms with Crippen LogP contribution < -0.4 is 5.32 Å². The fourth-order valence-electron chi connectivity index (χ4n) is 5.70. The summed E-state index contributed by atoms with van der Waals surface area (Å²) in [6.45, 7) is 0. The number of fused-ring (bicyclic) bond motifs is 1. The van der Waals surface area contributed by atoms with E-state index in [-0.39, 0.29) is 23.4 Å². The Morgan fingerprint density at radius 3 is 2.64 bits per heavy atom. The molecule has 2 amide bonds. The van der Waals surface area contributed by atoms with E-state index in [1.54, 1.807) is 10.7 Å². The zero-order chi connectivity index (χ0) is 24.8. The van der Waals surface area contributed by atoms with Gasteiger partial charge in [0.15, 0.2) is 5.82 Å². The van der Waals surface area contributed by atoms with Crippen LogP contribution >= 0.6 is 0 Å². The van der Waals surface area contributed by atoms with Gasteiger partial charge in [-0.1, -0.05) is 25.0 Å². The van der Waals surface area contributed by atoms with Gasteiger partial charge >= 0.3 is 0 Å². The Balaban J connectivity index is 1.27. The van der Waals surface area contributed by atoms with Crippen LogP contribution in [0.4, 0.5) is 14.5 Å². The highest BCUT2D eigenvalue weighted by atomic mass is 19.1. The van der Waals surface area contributed by atoms with Crippen molar-refractivity contribution < 1.29 is 18.4 Å². The zero-order valence-electron chi connectivity index (χ0n) is 19.6. The van der Waals surface area contributed by atoms with Crippen LogP contribution in [-0.4, -0.2) is 49.0 Å². The third-order valence-corrected chi connectivity index (χ3v) is 7.56. The highest BCUT2D eigenvalue weighted by Crippen LogP contribution is 2.41. The molecular formula is C26H26F2N6O2. The maximum absolute atomic E-state index is 14.5. The number of hydrogen-bond acceptors (Lipinski definition) is 5. The first-order chi connectivity index (χ1) is 17.5. The highest BCUT2D eigenvalue weighted by molar-refractivity contribution is 6.02. The summed E-state index contributed by atoms with van der Waals surface area (Å²) in [4.78, 5) is 28.5. The summed E-state index contributed by atoms with van der Waals surface area (Å²) in [5.74, 6) is -1.73. The van der Waals surface area contributed by atoms with Crippen LogP contribution in [0.15, 0.2) is 42.5 Å². The van der Waals surface area contributed by atoms with Crippen molar-refractivity contribution in [2.45, 2.75) is 63.1 Å². The number of tetrazole rings is 1. The van der Waals surface area contributed by atoms with Gasteiger partial charge in [-0.05, 0) is 72.7 Å². The summed E-state index contributed by atoms with van der Waals surface area (Å²) in [5.41, 5.74) is 1.14. The number of hydrogen-bond donors (Lipinski definition) is 1. The van der Waals surface area contributed by atoms with E-state index in [4.69, 9.17) is 0 Å². The first-order valence-corrected chi connectivity index (χ1v) is 12.5. The number of nitrogens with zero attached hydrogens (tertiary/aromatic N) is 5. The van der Waals surface area contributed by atoms with Crippen LogP contribution in [0.2, 0.25) is 0 Å². The SMILES string of the molecule is O=C(Nc1cccc(-c2nnnn2C2CC2)c1)[C@@H]1C[C@@H]2CCCC[C@@H]2N1C(=O)c1ccc(F)cc1F. The molecule has 2 aliphatic carbocycles. The number of carbonyl (C=O) groups excluding carboxylic acids is 2. The molecule has 10 heteroatoms. The van der Waals surface area contributed by atoms with Crippen LogP contribution in [0, 0.1) is 17.6 Å². The summed E-state index contributed by atoms with van der Waals surface area (Å²) in [6.07, 6.45) is 6.27. The molecule has 36 heavy (non-hydrogen) atoms. The molecule has 2 saturated carbocycles. The van der Waals surface area contributed by atoms with Gasteiger partial charge in [-0.25, -0.2) is 13.5 Å². The Bertz CT molecular complexity index is 1320. The second-order valence-electron chi connectivity index (χ2n) is 9.95. The largest absolute Gasteiger partial charge is 0.324 e. The lowest BCUT2D eigenvalue weighted by molar-refractivity contribution is -0.120. The molecule has 1 aromatic heterocycles. The molecule has 0 bridgehead atoms. The molecule has 0 spiro atoms. The van der Waals surface area contributed by atoms with Crippen molar-refractivity contribution in [2.24, 2.45) is 5.92 Å². The molecule has 1 aliphatic heterocycles. The molecule has 2 aromatic carbocycles. The van der Waals surface area contributed by atoms with Crippen LogP contribution in [-0.2, 0) is 4.79 Å². The van der Waals surface area contributed by atoms with Gasteiger partial charge in [0, 0.05) is 23.4 Å². The maximum Gasteiger partial charge on any atom is 0.257 e. The summed E-state index contributed by atoms with van der Waals surface area (Å²) in [6, 6.07) is 9.66. The normalized spacial score (nSPS) is 23.4. The Morgan fingerprint density at radius 2 is 1.83 bits per heavy atom. The molecule has 3 atom stereocenters. The first kappa shape index (κ1) is 22.8. The van der Waals surface area contributed by atoms with Crippen molar-refractivity contribution in [3.05, 3.63) is 59.7 Å². The summed E-state index contributed by atoms with van der Waals surface area (Å²) < 4.78 is 29.8. The van der Waals surface area contributed by atoms with E-state index in [0.29, 0.717) is 30.0 Å². The van der Waals surface area contributed by atoms with Gasteiger partial charge in [-0.15, -0.1) is 5.10 Å². The molecule has 186 valence electrons. The predicted octanol–water partition coefficient (Wildman–Crippen LogP) is 4.37. The number of halogens is 2. The van der Waals surface area contributed by atoms with E-state index in [2.05, 4.69) is 20.8 Å². The van der Waals surface area contributed by atoms with Crippen molar-refractivity contribution in [3.63, 3.8) is 0 Å². The molecule has 2 heterocycles. The smallest absolute Gasteiger partial charge is 0.257 e. The number of rotatable bonds is 5. The van der Waals surface area contributed by atoms with Crippen molar-refractivity contribution in [2.75, 3.05) is 5.32 Å². The van der Waals surface area contributed by atoms with Crippen molar-refractivity contribution >= 4 is 17.5 Å². The minimum absolute atomic E-state index is 0.138. The number of aromatic nitrogens is 4. The standard InChI is InChI=1S/C26H26F2N6O2/c27-17-8-11-20(21(28)14-17)26(36)33-22-7-2-1-4-15(22)13-23(33)25(35)29-18-6-3-5-16(12-18)24-30-31-32-34(24)19-9-10-19/h3,5-6,8,11-12,14-15,19,22-23H,1-2,4,7,9-10,13H2,(H,29,35)/t15-,22-,23-/m0/s1. The van der Waals surface area contributed by atoms with Crippen molar-refractivity contribution in [1.29, 1.82) is 0 Å². The van der Waals surface area contributed by atoms with Crippen LogP contribution in [0.3, 0.4) is 0 Å². The quantitative estimate of drug-likeness (QED) is 0.571. The zero-order valence-corrected chi connectivity index (χ0v) is 19.6. The molecular weight excluding hydrogens is 466 g/mol. The molecule has 0 radical (unpaired) electrons. The number of carbonyl (C=O) groups is 2. The fraction of sp³-hybridized carbons (Fsp3) is 0.423. The third kappa shape index (κ3) is 4.14. The highest BCUT2D eigenvalue weighted by Gasteiger charge is 2.48. The van der Waals surface area contributed by atoms with E-state index < -0.39 is 23.6 Å². The Kier molecular flexibility index (Phi) is 5.73. The minimum atomic E-state index is -0.917. The summed E-state index contributed by atoms with van der Waals surface area (Å²) in [7, 11) is 0. The second kappa shape index (κ2) is 9.07. The Labute approximate surface area is 206 Å². The molecule has 3 fully saturated rings. The molecule has 3 aromatic rings. The molecule has 0 unspecified atom stereocenters. The van der Waals surface area contributed by atoms with E-state index in [1.165, 1.54) is 4.90 Å². The van der Waals surface area contributed by atoms with Gasteiger partial charge < -0.3 is 10.2 Å². The van der Waals surface area contributed by atoms with E-state index in [1.807, 2.05) is 18.2 Å². The lowest BCUT2D eigenvalue weighted by atomic mass is 9.84. The van der Waals surface area contributed by atoms with Crippen molar-refractivity contribution in [3.8, 4) is 11.4 Å². The van der Waals surface area contributed by atoms with E-state index in [0.717, 1.165) is 56.2 Å². The molecule has 3 aliphatic rings. The first-order valence-electron chi connectivity index (χ1n) is 12.5. The van der Waals surface area contributed by atoms with Gasteiger partial charge in [0.2, 0.25) is 5.91 Å². The number of anilines is 1. The third-order valence-electron chi connectivity index (χ3n) is 7.56. The van der Waals surface area contributed by atoms with Gasteiger partial charge in [0.25, 0.3) is 5.91 Å². The second-order valence-corrected chi connectivity index (χ2v) is 9.95. The van der Waals surface area contributed by atoms with Gasteiger partial charge in [0.05, 0.1) is 11.6 Å². The number of nitrogens with one attached hydrogen (secondary N) is 1. The lowest BCUT2D eigenvalue weighted by Gasteiger charge is -2.33. The fourth-order valence-corrected chi connectivity index (χ4v) is 5.70. The van der Waals surface area contributed by atoms with Gasteiger partial charge in [0.1, 0.15) is 17.7 Å². The molecule has 8 nitrogen and oxygen atoms in total. The molecule has 6 rings (SSSR count). The van der Waals surface area contributed by atoms with Crippen LogP contribution in [0.25, 0.3) is 11.4 Å². The maximum atomic E-state index is 14.5. The van der Waals surface area contributed by atoms with Gasteiger partial charge in [-0.3, -0.25) is 9.59 Å².